The van der Waals surface area contributed by atoms with Gasteiger partial charge < -0.3 is 0 Å². The van der Waals surface area contributed by atoms with E-state index in [4.69, 9.17) is 11.6 Å². The minimum atomic E-state index is -0.487. The first kappa shape index (κ1) is 11.6. The Labute approximate surface area is 107 Å². The molecule has 0 fully saturated rings. The van der Waals surface area contributed by atoms with Crippen molar-refractivity contribution in [3.63, 3.8) is 0 Å². The molecule has 2 aromatic rings. The highest BCUT2D eigenvalue weighted by molar-refractivity contribution is 9.10. The van der Waals surface area contributed by atoms with Crippen molar-refractivity contribution >= 4 is 27.5 Å². The summed E-state index contributed by atoms with van der Waals surface area (Å²) in [6, 6.07) is 13.0. The van der Waals surface area contributed by atoms with Gasteiger partial charge in [0.15, 0.2) is 0 Å². The Morgan fingerprint density at radius 3 is 2.38 bits per heavy atom. The van der Waals surface area contributed by atoms with E-state index < -0.39 is 6.67 Å². The molecule has 0 aliphatic rings. The summed E-state index contributed by atoms with van der Waals surface area (Å²) in [5.74, 6) is 0. The van der Waals surface area contributed by atoms with Crippen molar-refractivity contribution < 1.29 is 4.39 Å². The third kappa shape index (κ3) is 2.28. The number of hydrogen-bond donors (Lipinski definition) is 0. The lowest BCUT2D eigenvalue weighted by atomic mass is 10.0. The van der Waals surface area contributed by atoms with E-state index in [9.17, 15) is 4.39 Å². The Morgan fingerprint density at radius 1 is 1.06 bits per heavy atom. The highest BCUT2D eigenvalue weighted by Crippen LogP contribution is 2.30. The van der Waals surface area contributed by atoms with E-state index >= 15 is 0 Å². The lowest BCUT2D eigenvalue weighted by Gasteiger charge is -2.08. The molecule has 0 N–H and O–H groups in total. The Bertz CT molecular complexity index is 494. The van der Waals surface area contributed by atoms with E-state index in [1.165, 1.54) is 0 Å². The summed E-state index contributed by atoms with van der Waals surface area (Å²) in [5.41, 5.74) is 2.54. The van der Waals surface area contributed by atoms with Crippen LogP contribution < -0.4 is 0 Å². The lowest BCUT2D eigenvalue weighted by molar-refractivity contribution is 0.485. The second-order valence-electron chi connectivity index (χ2n) is 3.41. The number of halogens is 3. The third-order valence-corrected chi connectivity index (χ3v) is 3.40. The molecule has 0 unspecified atom stereocenters. The molecule has 2 rings (SSSR count). The second kappa shape index (κ2) is 4.98. The quantitative estimate of drug-likeness (QED) is 0.711. The molecule has 0 heterocycles. The molecule has 3 heteroatoms. The molecule has 82 valence electrons. The van der Waals surface area contributed by atoms with Gasteiger partial charge in [-0.05, 0) is 29.3 Å². The van der Waals surface area contributed by atoms with Crippen LogP contribution in [0, 0.1) is 0 Å². The topological polar surface area (TPSA) is 0 Å². The van der Waals surface area contributed by atoms with Crippen molar-refractivity contribution in [3.8, 4) is 11.1 Å². The molecule has 0 aliphatic heterocycles. The van der Waals surface area contributed by atoms with Gasteiger partial charge in [0.25, 0.3) is 0 Å². The first-order valence-corrected chi connectivity index (χ1v) is 5.99. The van der Waals surface area contributed by atoms with Crippen LogP contribution >= 0.6 is 27.5 Å². The van der Waals surface area contributed by atoms with Crippen LogP contribution in [0.1, 0.15) is 5.56 Å². The predicted molar refractivity (Wildman–Crippen MR) is 69.4 cm³/mol. The van der Waals surface area contributed by atoms with Gasteiger partial charge in [0.2, 0.25) is 0 Å². The van der Waals surface area contributed by atoms with Crippen molar-refractivity contribution in [3.05, 3.63) is 57.5 Å². The van der Waals surface area contributed by atoms with Crippen LogP contribution in [0.4, 0.5) is 4.39 Å². The van der Waals surface area contributed by atoms with E-state index in [-0.39, 0.29) is 0 Å². The molecule has 16 heavy (non-hydrogen) atoms. The van der Waals surface area contributed by atoms with E-state index in [1.54, 1.807) is 12.1 Å². The fourth-order valence-electron chi connectivity index (χ4n) is 1.59. The van der Waals surface area contributed by atoms with Crippen molar-refractivity contribution in [2.24, 2.45) is 0 Å². The number of benzene rings is 2. The molecule has 0 aromatic heterocycles. The number of alkyl halides is 1. The van der Waals surface area contributed by atoms with Crippen LogP contribution in [0.25, 0.3) is 11.1 Å². The summed E-state index contributed by atoms with van der Waals surface area (Å²) in [6.07, 6.45) is 0. The van der Waals surface area contributed by atoms with Gasteiger partial charge in [-0.15, -0.1) is 0 Å². The minimum absolute atomic E-state index is 0.487. The molecule has 0 bridgehead atoms. The summed E-state index contributed by atoms with van der Waals surface area (Å²) in [7, 11) is 0. The monoisotopic (exact) mass is 298 g/mol. The molecule has 2 aromatic carbocycles. The highest BCUT2D eigenvalue weighted by atomic mass is 79.9. The molecule has 0 saturated carbocycles. The highest BCUT2D eigenvalue weighted by Gasteiger charge is 2.07. The van der Waals surface area contributed by atoms with Gasteiger partial charge in [0.1, 0.15) is 6.67 Å². The van der Waals surface area contributed by atoms with Crippen molar-refractivity contribution in [1.29, 1.82) is 0 Å². The maximum Gasteiger partial charge on any atom is 0.116 e. The van der Waals surface area contributed by atoms with E-state index in [0.29, 0.717) is 10.6 Å². The van der Waals surface area contributed by atoms with Crippen LogP contribution in [-0.4, -0.2) is 0 Å². The average Bonchev–Trinajstić information content (AvgIpc) is 2.30. The first-order chi connectivity index (χ1) is 7.72. The average molecular weight is 300 g/mol. The van der Waals surface area contributed by atoms with Gasteiger partial charge in [-0.2, -0.15) is 0 Å². The van der Waals surface area contributed by atoms with Gasteiger partial charge in [-0.25, -0.2) is 4.39 Å². The molecule has 0 aliphatic carbocycles. The number of rotatable bonds is 2. The van der Waals surface area contributed by atoms with Crippen LogP contribution in [0.15, 0.2) is 46.9 Å². The molecule has 0 spiro atoms. The van der Waals surface area contributed by atoms with E-state index in [2.05, 4.69) is 15.9 Å². The normalized spacial score (nSPS) is 10.4. The molecule has 0 atom stereocenters. The summed E-state index contributed by atoms with van der Waals surface area (Å²) < 4.78 is 13.7. The van der Waals surface area contributed by atoms with Crippen LogP contribution in [0.5, 0.6) is 0 Å². The zero-order valence-electron chi connectivity index (χ0n) is 8.38. The third-order valence-electron chi connectivity index (χ3n) is 2.41. The lowest BCUT2D eigenvalue weighted by Crippen LogP contribution is -1.88. The Balaban J connectivity index is 2.55. The standard InChI is InChI=1S/C13H9BrClF/c14-13-3-1-2-11(12(13)8-16)9-4-6-10(15)7-5-9/h1-7H,8H2. The summed E-state index contributed by atoms with van der Waals surface area (Å²) in [5, 5.41) is 0.681. The largest absolute Gasteiger partial charge is 0.246 e. The molecule has 0 nitrogen and oxygen atoms in total. The van der Waals surface area contributed by atoms with Gasteiger partial charge in [-0.3, -0.25) is 0 Å². The van der Waals surface area contributed by atoms with Gasteiger partial charge in [0.05, 0.1) is 0 Å². The Kier molecular flexibility index (Phi) is 3.62. The maximum absolute atomic E-state index is 13.0. The Morgan fingerprint density at radius 2 is 1.75 bits per heavy atom. The second-order valence-corrected chi connectivity index (χ2v) is 4.70. The SMILES string of the molecule is FCc1c(Br)cccc1-c1ccc(Cl)cc1. The van der Waals surface area contributed by atoms with Crippen LogP contribution in [0.2, 0.25) is 5.02 Å². The smallest absolute Gasteiger partial charge is 0.116 e. The maximum atomic E-state index is 13.0. The molecular weight excluding hydrogens is 290 g/mol. The fraction of sp³-hybridized carbons (Fsp3) is 0.0769. The van der Waals surface area contributed by atoms with Crippen molar-refractivity contribution in [2.45, 2.75) is 6.67 Å². The minimum Gasteiger partial charge on any atom is -0.246 e. The number of hydrogen-bond acceptors (Lipinski definition) is 0. The summed E-state index contributed by atoms with van der Waals surface area (Å²) >= 11 is 9.17. The fourth-order valence-corrected chi connectivity index (χ4v) is 2.19. The summed E-state index contributed by atoms with van der Waals surface area (Å²) in [6.45, 7) is -0.487. The molecule has 0 saturated heterocycles. The van der Waals surface area contributed by atoms with Crippen LogP contribution in [-0.2, 0) is 6.67 Å². The van der Waals surface area contributed by atoms with Gasteiger partial charge in [-0.1, -0.05) is 51.8 Å². The zero-order valence-corrected chi connectivity index (χ0v) is 10.7. The zero-order chi connectivity index (χ0) is 11.5. The van der Waals surface area contributed by atoms with E-state index in [0.717, 1.165) is 15.6 Å². The van der Waals surface area contributed by atoms with Crippen molar-refractivity contribution in [1.82, 2.24) is 0 Å². The van der Waals surface area contributed by atoms with Crippen LogP contribution in [0.3, 0.4) is 0 Å². The van der Waals surface area contributed by atoms with Gasteiger partial charge >= 0.3 is 0 Å². The predicted octanol–water partition coefficient (Wildman–Crippen LogP) is 5.24. The summed E-state index contributed by atoms with van der Waals surface area (Å²) in [4.78, 5) is 0. The molecular formula is C13H9BrClF. The Hall–Kier alpha value is -0.860. The van der Waals surface area contributed by atoms with E-state index in [1.807, 2.05) is 30.3 Å². The molecule has 0 radical (unpaired) electrons. The molecule has 0 amide bonds. The van der Waals surface area contributed by atoms with Gasteiger partial charge in [0, 0.05) is 15.1 Å². The van der Waals surface area contributed by atoms with Crippen molar-refractivity contribution in [2.75, 3.05) is 0 Å². The first-order valence-electron chi connectivity index (χ1n) is 4.81.